The number of nitrogens with zero attached hydrogens (tertiary/aromatic N) is 2. The third-order valence-electron chi connectivity index (χ3n) is 2.88. The fourth-order valence-electron chi connectivity index (χ4n) is 1.81. The molecule has 7 heteroatoms. The molecule has 23 heavy (non-hydrogen) atoms. The zero-order valence-corrected chi connectivity index (χ0v) is 12.8. The van der Waals surface area contributed by atoms with Crippen LogP contribution in [0.15, 0.2) is 43.1 Å². The number of amides is 1. The van der Waals surface area contributed by atoms with Crippen LogP contribution in [-0.4, -0.2) is 17.5 Å². The number of nitrogen functional groups attached to an aromatic ring is 1. The number of halogens is 1. The Balaban J connectivity index is 2.35. The highest BCUT2D eigenvalue weighted by molar-refractivity contribution is 6.33. The number of aromatic nitrogens is 1. The highest BCUT2D eigenvalue weighted by Crippen LogP contribution is 2.27. The van der Waals surface area contributed by atoms with E-state index >= 15 is 0 Å². The van der Waals surface area contributed by atoms with Gasteiger partial charge in [0.25, 0.3) is 5.91 Å². The van der Waals surface area contributed by atoms with E-state index < -0.39 is 5.91 Å². The number of nitrogens with two attached hydrogens (primary N) is 1. The lowest BCUT2D eigenvalue weighted by atomic mass is 10.1. The first-order valence-corrected chi connectivity index (χ1v) is 6.93. The van der Waals surface area contributed by atoms with Gasteiger partial charge in [-0.3, -0.25) is 4.79 Å². The number of rotatable bonds is 5. The average molecular weight is 329 g/mol. The van der Waals surface area contributed by atoms with E-state index in [4.69, 9.17) is 27.3 Å². The van der Waals surface area contributed by atoms with Crippen LogP contribution in [0.2, 0.25) is 5.15 Å². The van der Waals surface area contributed by atoms with E-state index in [0.29, 0.717) is 16.9 Å². The van der Waals surface area contributed by atoms with Crippen LogP contribution in [0.1, 0.15) is 15.9 Å². The highest BCUT2D eigenvalue weighted by Gasteiger charge is 2.19. The second-order valence-electron chi connectivity index (χ2n) is 4.44. The smallest absolute Gasteiger partial charge is 0.262 e. The van der Waals surface area contributed by atoms with Gasteiger partial charge in [0.2, 0.25) is 0 Å². The minimum absolute atomic E-state index is 0.000860. The lowest BCUT2D eigenvalue weighted by Gasteiger charge is -2.12. The summed E-state index contributed by atoms with van der Waals surface area (Å²) in [5, 5.41) is 11.5. The minimum atomic E-state index is -0.538. The molecule has 2 rings (SSSR count). The number of anilines is 2. The van der Waals surface area contributed by atoms with Crippen molar-refractivity contribution in [3.8, 4) is 11.8 Å². The molecule has 0 saturated carbocycles. The number of carbonyl (C=O) groups is 1. The van der Waals surface area contributed by atoms with E-state index in [1.165, 1.54) is 24.4 Å². The molecule has 1 aromatic heterocycles. The molecule has 0 aliphatic heterocycles. The van der Waals surface area contributed by atoms with Gasteiger partial charge >= 0.3 is 0 Å². The predicted molar refractivity (Wildman–Crippen MR) is 88.5 cm³/mol. The second-order valence-corrected chi connectivity index (χ2v) is 4.80. The topological polar surface area (TPSA) is 101 Å². The molecule has 1 aromatic carbocycles. The van der Waals surface area contributed by atoms with Crippen LogP contribution in [0.25, 0.3) is 0 Å². The van der Waals surface area contributed by atoms with Gasteiger partial charge in [-0.15, -0.1) is 0 Å². The molecule has 6 nitrogen and oxygen atoms in total. The molecule has 0 aliphatic carbocycles. The van der Waals surface area contributed by atoms with Crippen LogP contribution < -0.4 is 15.8 Å². The Bertz CT molecular complexity index is 799. The van der Waals surface area contributed by atoms with Crippen molar-refractivity contribution in [3.63, 3.8) is 0 Å². The summed E-state index contributed by atoms with van der Waals surface area (Å²) in [5.74, 6) is -0.263. The number of hydrogen-bond donors (Lipinski definition) is 2. The lowest BCUT2D eigenvalue weighted by molar-refractivity contribution is 0.102. The monoisotopic (exact) mass is 328 g/mol. The van der Waals surface area contributed by atoms with Gasteiger partial charge in [0, 0.05) is 6.20 Å². The van der Waals surface area contributed by atoms with E-state index in [1.807, 2.05) is 6.07 Å². The number of nitriles is 1. The molecule has 0 bridgehead atoms. The highest BCUT2D eigenvalue weighted by atomic mass is 35.5. The van der Waals surface area contributed by atoms with Crippen LogP contribution in [0.3, 0.4) is 0 Å². The largest absolute Gasteiger partial charge is 0.489 e. The minimum Gasteiger partial charge on any atom is -0.489 e. The molecule has 116 valence electrons. The number of carbonyl (C=O) groups excluding carboxylic acids is 1. The molecular formula is C16H13ClN4O2. The van der Waals surface area contributed by atoms with E-state index in [1.54, 1.807) is 12.1 Å². The summed E-state index contributed by atoms with van der Waals surface area (Å²) >= 11 is 6.01. The van der Waals surface area contributed by atoms with Crippen LogP contribution >= 0.6 is 11.6 Å². The molecule has 0 radical (unpaired) electrons. The number of benzene rings is 1. The average Bonchev–Trinajstić information content (AvgIpc) is 2.54. The molecule has 2 aromatic rings. The first-order valence-electron chi connectivity index (χ1n) is 6.56. The summed E-state index contributed by atoms with van der Waals surface area (Å²) in [6.45, 7) is 3.76. The summed E-state index contributed by atoms with van der Waals surface area (Å²) in [5.41, 5.74) is 6.89. The van der Waals surface area contributed by atoms with Crippen molar-refractivity contribution in [2.24, 2.45) is 0 Å². The molecule has 0 aliphatic rings. The Morgan fingerprint density at radius 3 is 3.00 bits per heavy atom. The maximum atomic E-state index is 12.5. The van der Waals surface area contributed by atoms with Gasteiger partial charge < -0.3 is 15.8 Å². The van der Waals surface area contributed by atoms with Crippen LogP contribution in [0.5, 0.6) is 5.75 Å². The molecule has 1 heterocycles. The van der Waals surface area contributed by atoms with Gasteiger partial charge in [-0.25, -0.2) is 4.98 Å². The number of nitrogens with one attached hydrogen (secondary N) is 1. The quantitative estimate of drug-likeness (QED) is 0.499. The van der Waals surface area contributed by atoms with Gasteiger partial charge in [-0.1, -0.05) is 24.3 Å². The summed E-state index contributed by atoms with van der Waals surface area (Å²) in [6.07, 6.45) is 2.98. The van der Waals surface area contributed by atoms with Crippen molar-refractivity contribution in [3.05, 3.63) is 59.4 Å². The maximum absolute atomic E-state index is 12.5. The Kier molecular flexibility index (Phi) is 5.18. The van der Waals surface area contributed by atoms with E-state index in [2.05, 4.69) is 16.9 Å². The van der Waals surface area contributed by atoms with Gasteiger partial charge in [-0.05, 0) is 24.3 Å². The summed E-state index contributed by atoms with van der Waals surface area (Å²) in [7, 11) is 0. The zero-order valence-electron chi connectivity index (χ0n) is 12.0. The molecule has 0 atom stereocenters. The van der Waals surface area contributed by atoms with Crippen LogP contribution in [0.4, 0.5) is 11.4 Å². The molecule has 0 fully saturated rings. The predicted octanol–water partition coefficient (Wildman–Crippen LogP) is 3.01. The van der Waals surface area contributed by atoms with Gasteiger partial charge in [0.1, 0.15) is 23.1 Å². The summed E-state index contributed by atoms with van der Waals surface area (Å²) < 4.78 is 5.41. The van der Waals surface area contributed by atoms with Gasteiger partial charge in [0.05, 0.1) is 23.0 Å². The van der Waals surface area contributed by atoms with Crippen molar-refractivity contribution < 1.29 is 9.53 Å². The Morgan fingerprint density at radius 2 is 2.30 bits per heavy atom. The van der Waals surface area contributed by atoms with Crippen molar-refractivity contribution in [2.75, 3.05) is 17.7 Å². The van der Waals surface area contributed by atoms with Crippen molar-refractivity contribution in [1.82, 2.24) is 4.98 Å². The summed E-state index contributed by atoms with van der Waals surface area (Å²) in [4.78, 5) is 16.4. The molecule has 0 spiro atoms. The molecule has 1 amide bonds. The molecule has 0 unspecified atom stereocenters. The van der Waals surface area contributed by atoms with Gasteiger partial charge in [-0.2, -0.15) is 5.26 Å². The Morgan fingerprint density at radius 1 is 1.52 bits per heavy atom. The fraction of sp³-hybridized carbons (Fsp3) is 0.0625. The van der Waals surface area contributed by atoms with Crippen LogP contribution in [-0.2, 0) is 0 Å². The fourth-order valence-corrected chi connectivity index (χ4v) is 2.05. The maximum Gasteiger partial charge on any atom is 0.262 e. The van der Waals surface area contributed by atoms with E-state index in [-0.39, 0.29) is 23.1 Å². The van der Waals surface area contributed by atoms with Crippen LogP contribution in [0, 0.1) is 11.3 Å². The van der Waals surface area contributed by atoms with E-state index in [9.17, 15) is 4.79 Å². The Labute approximate surface area is 138 Å². The third-order valence-corrected chi connectivity index (χ3v) is 3.17. The third kappa shape index (κ3) is 3.78. The molecular weight excluding hydrogens is 316 g/mol. The number of hydrogen-bond acceptors (Lipinski definition) is 5. The second kappa shape index (κ2) is 7.29. The molecule has 3 N–H and O–H groups in total. The zero-order chi connectivity index (χ0) is 16.8. The van der Waals surface area contributed by atoms with Crippen molar-refractivity contribution in [2.45, 2.75) is 0 Å². The first kappa shape index (κ1) is 16.3. The van der Waals surface area contributed by atoms with E-state index in [0.717, 1.165) is 0 Å². The summed E-state index contributed by atoms with van der Waals surface area (Å²) in [6, 6.07) is 8.07. The molecule has 0 saturated heterocycles. The lowest BCUT2D eigenvalue weighted by Crippen LogP contribution is -2.16. The first-order chi connectivity index (χ1) is 11.1. The SMILES string of the molecule is C=CCOc1ccnc(Cl)c1C(=O)Nc1cc(C#N)ccc1N. The van der Waals surface area contributed by atoms with Crippen molar-refractivity contribution in [1.29, 1.82) is 5.26 Å². The van der Waals surface area contributed by atoms with Gasteiger partial charge in [0.15, 0.2) is 0 Å². The number of pyridine rings is 1. The Hall–Kier alpha value is -3.04. The number of ether oxygens (including phenoxy) is 1. The normalized spacial score (nSPS) is 9.74. The standard InChI is InChI=1S/C16H13ClN4O2/c1-2-7-23-13-5-6-20-15(17)14(13)16(22)21-12-8-10(9-18)3-4-11(12)19/h2-6,8H,1,7,19H2,(H,21,22). The van der Waals surface area contributed by atoms with Crippen molar-refractivity contribution >= 4 is 28.9 Å².